The molecule has 3 aromatic rings. The number of halogens is 2. The number of benzene rings is 2. The van der Waals surface area contributed by atoms with Crippen LogP contribution in [0.4, 0.5) is 0 Å². The lowest BCUT2D eigenvalue weighted by Gasteiger charge is -2.30. The Morgan fingerprint density at radius 2 is 1.76 bits per heavy atom. The van der Waals surface area contributed by atoms with Gasteiger partial charge in [0.05, 0.1) is 7.11 Å². The van der Waals surface area contributed by atoms with Gasteiger partial charge in [-0.15, -0.1) is 0 Å². The SMILES string of the molecule is COc1ccc(-c2noc(C3CCN(C(=O)c4cc(Cl)cc(Cl)c4)CC3)n2)cc1. The molecule has 0 aliphatic carbocycles. The highest BCUT2D eigenvalue weighted by atomic mass is 35.5. The van der Waals surface area contributed by atoms with E-state index in [1.807, 2.05) is 24.3 Å². The zero-order valence-electron chi connectivity index (χ0n) is 15.8. The molecule has 0 radical (unpaired) electrons. The van der Waals surface area contributed by atoms with Crippen molar-refractivity contribution in [3.05, 3.63) is 64.0 Å². The lowest BCUT2D eigenvalue weighted by molar-refractivity contribution is 0.0704. The molecule has 2 aromatic carbocycles. The van der Waals surface area contributed by atoms with Gasteiger partial charge in [0.2, 0.25) is 11.7 Å². The lowest BCUT2D eigenvalue weighted by atomic mass is 9.96. The number of carbonyl (C=O) groups excluding carboxylic acids is 1. The van der Waals surface area contributed by atoms with Crippen LogP contribution in [-0.4, -0.2) is 41.1 Å². The molecule has 1 saturated heterocycles. The first-order chi connectivity index (χ1) is 14.0. The van der Waals surface area contributed by atoms with E-state index < -0.39 is 0 Å². The number of aromatic nitrogens is 2. The third-order valence-corrected chi connectivity index (χ3v) is 5.47. The van der Waals surface area contributed by atoms with Crippen LogP contribution < -0.4 is 4.74 Å². The number of piperidine rings is 1. The first-order valence-corrected chi connectivity index (χ1v) is 10.0. The van der Waals surface area contributed by atoms with E-state index >= 15 is 0 Å². The van der Waals surface area contributed by atoms with Crippen molar-refractivity contribution in [3.8, 4) is 17.1 Å². The van der Waals surface area contributed by atoms with E-state index in [4.69, 9.17) is 32.5 Å². The highest BCUT2D eigenvalue weighted by Crippen LogP contribution is 2.30. The normalized spacial score (nSPS) is 14.8. The van der Waals surface area contributed by atoms with Crippen LogP contribution in [0.25, 0.3) is 11.4 Å². The molecule has 0 spiro atoms. The maximum absolute atomic E-state index is 12.7. The number of methoxy groups -OCH3 is 1. The molecule has 0 N–H and O–H groups in total. The lowest BCUT2D eigenvalue weighted by Crippen LogP contribution is -2.38. The minimum Gasteiger partial charge on any atom is -0.497 e. The van der Waals surface area contributed by atoms with Gasteiger partial charge in [-0.3, -0.25) is 4.79 Å². The number of amides is 1. The van der Waals surface area contributed by atoms with E-state index in [1.54, 1.807) is 30.2 Å². The van der Waals surface area contributed by atoms with Crippen molar-refractivity contribution in [2.45, 2.75) is 18.8 Å². The maximum atomic E-state index is 12.7. The van der Waals surface area contributed by atoms with Crippen LogP contribution in [0.15, 0.2) is 47.0 Å². The topological polar surface area (TPSA) is 68.5 Å². The predicted octanol–water partition coefficient (Wildman–Crippen LogP) is 5.07. The molecule has 1 aliphatic heterocycles. The van der Waals surface area contributed by atoms with Crippen molar-refractivity contribution in [1.82, 2.24) is 15.0 Å². The Labute approximate surface area is 178 Å². The third kappa shape index (κ3) is 4.38. The van der Waals surface area contributed by atoms with Crippen molar-refractivity contribution < 1.29 is 14.1 Å². The summed E-state index contributed by atoms with van der Waals surface area (Å²) in [4.78, 5) is 19.1. The minimum atomic E-state index is -0.0719. The summed E-state index contributed by atoms with van der Waals surface area (Å²) in [5.74, 6) is 1.98. The second-order valence-electron chi connectivity index (χ2n) is 6.91. The van der Waals surface area contributed by atoms with Gasteiger partial charge in [-0.2, -0.15) is 4.98 Å². The Balaban J connectivity index is 1.40. The van der Waals surface area contributed by atoms with Crippen molar-refractivity contribution in [1.29, 1.82) is 0 Å². The first-order valence-electron chi connectivity index (χ1n) is 9.27. The fourth-order valence-corrected chi connectivity index (χ4v) is 3.97. The van der Waals surface area contributed by atoms with Crippen LogP contribution in [0.2, 0.25) is 10.0 Å². The van der Waals surface area contributed by atoms with E-state index in [-0.39, 0.29) is 11.8 Å². The largest absolute Gasteiger partial charge is 0.497 e. The number of nitrogens with zero attached hydrogens (tertiary/aromatic N) is 3. The molecule has 0 atom stereocenters. The summed E-state index contributed by atoms with van der Waals surface area (Å²) < 4.78 is 10.7. The van der Waals surface area contributed by atoms with Gasteiger partial charge in [0.25, 0.3) is 5.91 Å². The highest BCUT2D eigenvalue weighted by molar-refractivity contribution is 6.35. The van der Waals surface area contributed by atoms with E-state index in [0.717, 1.165) is 24.2 Å². The van der Waals surface area contributed by atoms with Gasteiger partial charge < -0.3 is 14.2 Å². The number of hydrogen-bond acceptors (Lipinski definition) is 5. The fourth-order valence-electron chi connectivity index (χ4n) is 3.45. The molecule has 1 aromatic heterocycles. The van der Waals surface area contributed by atoms with Crippen molar-refractivity contribution in [2.24, 2.45) is 0 Å². The molecular formula is C21H19Cl2N3O3. The van der Waals surface area contributed by atoms with Gasteiger partial charge in [0.15, 0.2) is 0 Å². The molecule has 8 heteroatoms. The average molecular weight is 432 g/mol. The molecule has 1 aliphatic rings. The van der Waals surface area contributed by atoms with E-state index in [9.17, 15) is 4.79 Å². The van der Waals surface area contributed by atoms with Crippen molar-refractivity contribution in [3.63, 3.8) is 0 Å². The summed E-state index contributed by atoms with van der Waals surface area (Å²) >= 11 is 12.0. The zero-order chi connectivity index (χ0) is 20.4. The maximum Gasteiger partial charge on any atom is 0.253 e. The number of carbonyl (C=O) groups is 1. The molecular weight excluding hydrogens is 413 g/mol. The van der Waals surface area contributed by atoms with Crippen LogP contribution in [-0.2, 0) is 0 Å². The summed E-state index contributed by atoms with van der Waals surface area (Å²) in [6.45, 7) is 1.21. The van der Waals surface area contributed by atoms with Crippen LogP contribution in [0.5, 0.6) is 5.75 Å². The molecule has 6 nitrogen and oxygen atoms in total. The zero-order valence-corrected chi connectivity index (χ0v) is 17.3. The van der Waals surface area contributed by atoms with Crippen LogP contribution >= 0.6 is 23.2 Å². The van der Waals surface area contributed by atoms with Gasteiger partial charge in [-0.1, -0.05) is 28.4 Å². The summed E-state index contributed by atoms with van der Waals surface area (Å²) in [6, 6.07) is 12.4. The smallest absolute Gasteiger partial charge is 0.253 e. The van der Waals surface area contributed by atoms with E-state index in [1.165, 1.54) is 0 Å². The third-order valence-electron chi connectivity index (χ3n) is 5.03. The molecule has 150 valence electrons. The van der Waals surface area contributed by atoms with E-state index in [2.05, 4.69) is 10.1 Å². The number of rotatable bonds is 4. The monoisotopic (exact) mass is 431 g/mol. The van der Waals surface area contributed by atoms with Gasteiger partial charge in [-0.25, -0.2) is 0 Å². The Hall–Kier alpha value is -2.57. The van der Waals surface area contributed by atoms with E-state index in [0.29, 0.717) is 40.4 Å². The van der Waals surface area contributed by atoms with Crippen LogP contribution in [0, 0.1) is 0 Å². The summed E-state index contributed by atoms with van der Waals surface area (Å²) in [6.07, 6.45) is 1.51. The summed E-state index contributed by atoms with van der Waals surface area (Å²) in [5, 5.41) is 5.00. The number of likely N-dealkylation sites (tertiary alicyclic amines) is 1. The Morgan fingerprint density at radius 3 is 2.38 bits per heavy atom. The highest BCUT2D eigenvalue weighted by Gasteiger charge is 2.28. The van der Waals surface area contributed by atoms with Gasteiger partial charge >= 0.3 is 0 Å². The standard InChI is InChI=1S/C21H19Cl2N3O3/c1-28-18-4-2-13(3-5-18)19-24-20(29-25-19)14-6-8-26(9-7-14)21(27)15-10-16(22)12-17(23)11-15/h2-5,10-12,14H,6-9H2,1H3. The fraction of sp³-hybridized carbons (Fsp3) is 0.286. The van der Waals surface area contributed by atoms with Crippen molar-refractivity contribution >= 4 is 29.1 Å². The molecule has 29 heavy (non-hydrogen) atoms. The van der Waals surface area contributed by atoms with Gasteiger partial charge in [0, 0.05) is 40.2 Å². The van der Waals surface area contributed by atoms with Gasteiger partial charge in [-0.05, 0) is 55.3 Å². The molecule has 0 unspecified atom stereocenters. The molecule has 4 rings (SSSR count). The molecule has 2 heterocycles. The summed E-state index contributed by atoms with van der Waals surface area (Å²) in [7, 11) is 1.62. The molecule has 0 bridgehead atoms. The minimum absolute atomic E-state index is 0.0719. The second kappa shape index (κ2) is 8.43. The molecule has 1 amide bonds. The second-order valence-corrected chi connectivity index (χ2v) is 7.78. The van der Waals surface area contributed by atoms with Crippen LogP contribution in [0.3, 0.4) is 0 Å². The van der Waals surface area contributed by atoms with Gasteiger partial charge in [0.1, 0.15) is 5.75 Å². The Bertz CT molecular complexity index is 992. The molecule has 0 saturated carbocycles. The number of ether oxygens (including phenoxy) is 1. The Morgan fingerprint density at radius 1 is 1.10 bits per heavy atom. The quantitative estimate of drug-likeness (QED) is 0.576. The first kappa shape index (κ1) is 19.7. The predicted molar refractivity (Wildman–Crippen MR) is 111 cm³/mol. The Kier molecular flexibility index (Phi) is 5.74. The summed E-state index contributed by atoms with van der Waals surface area (Å²) in [5.41, 5.74) is 1.37. The average Bonchev–Trinajstić information content (AvgIpc) is 3.23. The van der Waals surface area contributed by atoms with Crippen LogP contribution in [0.1, 0.15) is 35.0 Å². The molecule has 1 fully saturated rings. The van der Waals surface area contributed by atoms with Crippen molar-refractivity contribution in [2.75, 3.05) is 20.2 Å². The number of hydrogen-bond donors (Lipinski definition) is 0.